The summed E-state index contributed by atoms with van der Waals surface area (Å²) in [4.78, 5) is 0. The average molecular weight is 210 g/mol. The lowest BCUT2D eigenvalue weighted by molar-refractivity contribution is 0.292. The second kappa shape index (κ2) is 7.23. The van der Waals surface area contributed by atoms with Crippen LogP contribution in [0.1, 0.15) is 5.56 Å². The number of aromatic hydroxyl groups is 1. The molecular weight excluding hydrogens is 192 g/mol. The Balaban J connectivity index is 2.12. The van der Waals surface area contributed by atoms with Crippen molar-refractivity contribution in [2.75, 3.05) is 26.2 Å². The van der Waals surface area contributed by atoms with E-state index in [0.717, 1.165) is 18.7 Å². The van der Waals surface area contributed by atoms with Crippen molar-refractivity contribution >= 4 is 0 Å². The molecule has 0 aliphatic rings. The molecule has 0 heterocycles. The van der Waals surface area contributed by atoms with Gasteiger partial charge in [-0.05, 0) is 6.07 Å². The summed E-state index contributed by atoms with van der Waals surface area (Å²) in [6.07, 6.45) is 0. The summed E-state index contributed by atoms with van der Waals surface area (Å²) in [5, 5.41) is 24.2. The number of phenols is 1. The van der Waals surface area contributed by atoms with Crippen LogP contribution in [0.15, 0.2) is 24.3 Å². The molecular formula is C11H18N2O2. The first-order valence-electron chi connectivity index (χ1n) is 5.13. The van der Waals surface area contributed by atoms with Crippen LogP contribution in [0.5, 0.6) is 5.75 Å². The van der Waals surface area contributed by atoms with Gasteiger partial charge in [-0.2, -0.15) is 0 Å². The Kier molecular flexibility index (Phi) is 5.77. The maximum absolute atomic E-state index is 9.46. The molecule has 4 N–H and O–H groups in total. The molecule has 0 bridgehead atoms. The Morgan fingerprint density at radius 2 is 1.73 bits per heavy atom. The summed E-state index contributed by atoms with van der Waals surface area (Å²) in [7, 11) is 0. The number of hydrogen-bond acceptors (Lipinski definition) is 4. The Hall–Kier alpha value is -1.10. The molecule has 0 spiro atoms. The van der Waals surface area contributed by atoms with E-state index in [0.29, 0.717) is 18.8 Å². The van der Waals surface area contributed by atoms with Crippen LogP contribution in [0.25, 0.3) is 0 Å². The van der Waals surface area contributed by atoms with Gasteiger partial charge >= 0.3 is 0 Å². The fourth-order valence-electron chi connectivity index (χ4n) is 1.26. The molecule has 84 valence electrons. The first-order chi connectivity index (χ1) is 7.34. The van der Waals surface area contributed by atoms with E-state index in [1.54, 1.807) is 6.07 Å². The molecule has 0 aliphatic carbocycles. The molecule has 0 aromatic heterocycles. The maximum atomic E-state index is 9.46. The summed E-state index contributed by atoms with van der Waals surface area (Å²) in [5.41, 5.74) is 0.902. The molecule has 0 saturated heterocycles. The van der Waals surface area contributed by atoms with Crippen molar-refractivity contribution in [3.05, 3.63) is 29.8 Å². The number of para-hydroxylation sites is 1. The largest absolute Gasteiger partial charge is 0.508 e. The highest BCUT2D eigenvalue weighted by Crippen LogP contribution is 2.14. The molecule has 0 saturated carbocycles. The number of benzene rings is 1. The van der Waals surface area contributed by atoms with Gasteiger partial charge in [0.05, 0.1) is 6.61 Å². The molecule has 1 aromatic rings. The quantitative estimate of drug-likeness (QED) is 0.481. The molecule has 0 amide bonds. The topological polar surface area (TPSA) is 64.5 Å². The third-order valence-electron chi connectivity index (χ3n) is 2.07. The highest BCUT2D eigenvalue weighted by Gasteiger charge is 1.97. The lowest BCUT2D eigenvalue weighted by atomic mass is 10.2. The number of aliphatic hydroxyl groups excluding tert-OH is 1. The Morgan fingerprint density at radius 3 is 2.47 bits per heavy atom. The molecule has 4 heteroatoms. The molecule has 0 fully saturated rings. The van der Waals surface area contributed by atoms with Crippen molar-refractivity contribution in [3.63, 3.8) is 0 Å². The van der Waals surface area contributed by atoms with Gasteiger partial charge in [0.2, 0.25) is 0 Å². The van der Waals surface area contributed by atoms with Gasteiger partial charge in [0, 0.05) is 31.7 Å². The molecule has 1 aromatic carbocycles. The highest BCUT2D eigenvalue weighted by molar-refractivity contribution is 5.31. The van der Waals surface area contributed by atoms with Crippen LogP contribution in [-0.4, -0.2) is 36.5 Å². The lowest BCUT2D eigenvalue weighted by Crippen LogP contribution is -2.28. The highest BCUT2D eigenvalue weighted by atomic mass is 16.3. The molecule has 0 atom stereocenters. The van der Waals surface area contributed by atoms with E-state index in [-0.39, 0.29) is 6.61 Å². The number of aliphatic hydroxyl groups is 1. The van der Waals surface area contributed by atoms with Gasteiger partial charge in [0.25, 0.3) is 0 Å². The minimum absolute atomic E-state index is 0.166. The standard InChI is InChI=1S/C11H18N2O2/c14-8-7-12-5-6-13-9-10-3-1-2-4-11(10)15/h1-4,12-15H,5-9H2. The molecule has 15 heavy (non-hydrogen) atoms. The van der Waals surface area contributed by atoms with Gasteiger partial charge in [-0.25, -0.2) is 0 Å². The van der Waals surface area contributed by atoms with Gasteiger partial charge in [-0.3, -0.25) is 0 Å². The summed E-state index contributed by atoms with van der Waals surface area (Å²) >= 11 is 0. The van der Waals surface area contributed by atoms with E-state index in [4.69, 9.17) is 5.11 Å². The van der Waals surface area contributed by atoms with Crippen molar-refractivity contribution in [3.8, 4) is 5.75 Å². The van der Waals surface area contributed by atoms with Gasteiger partial charge in [-0.15, -0.1) is 0 Å². The third-order valence-corrected chi connectivity index (χ3v) is 2.07. The van der Waals surface area contributed by atoms with Crippen molar-refractivity contribution < 1.29 is 10.2 Å². The van der Waals surface area contributed by atoms with Crippen LogP contribution in [0.4, 0.5) is 0 Å². The second-order valence-electron chi connectivity index (χ2n) is 3.28. The van der Waals surface area contributed by atoms with E-state index in [1.165, 1.54) is 0 Å². The zero-order valence-corrected chi connectivity index (χ0v) is 8.74. The summed E-state index contributed by atoms with van der Waals surface area (Å²) < 4.78 is 0. The van der Waals surface area contributed by atoms with Crippen LogP contribution in [0, 0.1) is 0 Å². The zero-order chi connectivity index (χ0) is 10.9. The fraction of sp³-hybridized carbons (Fsp3) is 0.455. The number of phenolic OH excluding ortho intramolecular Hbond substituents is 1. The Labute approximate surface area is 89.9 Å². The first-order valence-corrected chi connectivity index (χ1v) is 5.13. The number of rotatable bonds is 7. The SMILES string of the molecule is OCCNCCNCc1ccccc1O. The van der Waals surface area contributed by atoms with Gasteiger partial charge in [0.1, 0.15) is 5.75 Å². The van der Waals surface area contributed by atoms with E-state index < -0.39 is 0 Å². The van der Waals surface area contributed by atoms with Crippen LogP contribution < -0.4 is 10.6 Å². The third kappa shape index (κ3) is 4.78. The number of hydrogen-bond donors (Lipinski definition) is 4. The Morgan fingerprint density at radius 1 is 1.00 bits per heavy atom. The fourth-order valence-corrected chi connectivity index (χ4v) is 1.26. The minimum Gasteiger partial charge on any atom is -0.508 e. The van der Waals surface area contributed by atoms with E-state index in [9.17, 15) is 5.11 Å². The van der Waals surface area contributed by atoms with E-state index in [1.807, 2.05) is 18.2 Å². The van der Waals surface area contributed by atoms with Crippen molar-refractivity contribution in [1.82, 2.24) is 10.6 Å². The van der Waals surface area contributed by atoms with E-state index >= 15 is 0 Å². The maximum Gasteiger partial charge on any atom is 0.120 e. The smallest absolute Gasteiger partial charge is 0.120 e. The first kappa shape index (κ1) is 12.0. The monoisotopic (exact) mass is 210 g/mol. The normalized spacial score (nSPS) is 10.5. The molecule has 0 aliphatic heterocycles. The minimum atomic E-state index is 0.166. The molecule has 0 unspecified atom stereocenters. The molecule has 0 radical (unpaired) electrons. The molecule has 1 rings (SSSR count). The van der Waals surface area contributed by atoms with Crippen molar-refractivity contribution in [1.29, 1.82) is 0 Å². The number of nitrogens with one attached hydrogen (secondary N) is 2. The zero-order valence-electron chi connectivity index (χ0n) is 8.74. The van der Waals surface area contributed by atoms with E-state index in [2.05, 4.69) is 10.6 Å². The lowest BCUT2D eigenvalue weighted by Gasteiger charge is -2.06. The predicted molar refractivity (Wildman–Crippen MR) is 59.8 cm³/mol. The van der Waals surface area contributed by atoms with Gasteiger partial charge in [0.15, 0.2) is 0 Å². The van der Waals surface area contributed by atoms with Gasteiger partial charge in [-0.1, -0.05) is 18.2 Å². The summed E-state index contributed by atoms with van der Waals surface area (Å²) in [6, 6.07) is 7.28. The van der Waals surface area contributed by atoms with Gasteiger partial charge < -0.3 is 20.8 Å². The van der Waals surface area contributed by atoms with Crippen LogP contribution in [0.3, 0.4) is 0 Å². The van der Waals surface area contributed by atoms with Crippen molar-refractivity contribution in [2.45, 2.75) is 6.54 Å². The summed E-state index contributed by atoms with van der Waals surface area (Å²) in [5.74, 6) is 0.327. The molecule has 4 nitrogen and oxygen atoms in total. The second-order valence-corrected chi connectivity index (χ2v) is 3.28. The predicted octanol–water partition coefficient (Wildman–Crippen LogP) is 0.0637. The van der Waals surface area contributed by atoms with Crippen LogP contribution >= 0.6 is 0 Å². The van der Waals surface area contributed by atoms with Crippen LogP contribution in [0.2, 0.25) is 0 Å². The summed E-state index contributed by atoms with van der Waals surface area (Å²) in [6.45, 7) is 3.08. The Bertz CT molecular complexity index is 279. The van der Waals surface area contributed by atoms with Crippen molar-refractivity contribution in [2.24, 2.45) is 0 Å². The average Bonchev–Trinajstić information content (AvgIpc) is 2.25. The van der Waals surface area contributed by atoms with Crippen LogP contribution in [-0.2, 0) is 6.54 Å².